The number of amidine groups is 1. The van der Waals surface area contributed by atoms with E-state index in [-0.39, 0.29) is 11.7 Å². The molecule has 0 spiro atoms. The molecule has 4 N–H and O–H groups in total. The van der Waals surface area contributed by atoms with Crippen molar-refractivity contribution in [2.24, 2.45) is 16.3 Å². The third kappa shape index (κ3) is 2.48. The van der Waals surface area contributed by atoms with Crippen LogP contribution in [0.25, 0.3) is 0 Å². The summed E-state index contributed by atoms with van der Waals surface area (Å²) in [4.78, 5) is 12.4. The average molecular weight is 275 g/mol. The summed E-state index contributed by atoms with van der Waals surface area (Å²) in [6.07, 6.45) is 2.16. The second-order valence-corrected chi connectivity index (χ2v) is 5.66. The summed E-state index contributed by atoms with van der Waals surface area (Å²) < 4.78 is 0. The van der Waals surface area contributed by atoms with Crippen molar-refractivity contribution in [1.82, 2.24) is 0 Å². The van der Waals surface area contributed by atoms with Crippen LogP contribution in [-0.4, -0.2) is 17.0 Å². The number of hydrogen-bond acceptors (Lipinski definition) is 3. The zero-order chi connectivity index (χ0) is 14.8. The van der Waals surface area contributed by atoms with E-state index < -0.39 is 5.41 Å². The van der Waals surface area contributed by atoms with E-state index >= 15 is 0 Å². The molecule has 1 amide bonds. The molecule has 1 aliphatic rings. The highest BCUT2D eigenvalue weighted by molar-refractivity contribution is 6.12. The molecular weight excluding hydrogens is 254 g/mol. The van der Waals surface area contributed by atoms with Gasteiger partial charge in [-0.3, -0.25) is 4.79 Å². The van der Waals surface area contributed by atoms with E-state index in [0.29, 0.717) is 18.8 Å². The van der Waals surface area contributed by atoms with Crippen LogP contribution in [0.15, 0.2) is 29.4 Å². The predicted octanol–water partition coefficient (Wildman–Crippen LogP) is 2.67. The Kier molecular flexibility index (Phi) is 3.97. The van der Waals surface area contributed by atoms with Gasteiger partial charge in [0, 0.05) is 5.69 Å². The molecule has 0 heterocycles. The number of amides is 1. The fourth-order valence-corrected chi connectivity index (χ4v) is 2.45. The fraction of sp³-hybridized carbons (Fsp3) is 0.467. The van der Waals surface area contributed by atoms with Crippen LogP contribution in [0.1, 0.15) is 44.6 Å². The molecule has 2 rings (SSSR count). The molecule has 0 bridgehead atoms. The molecule has 0 unspecified atom stereocenters. The zero-order valence-electron chi connectivity index (χ0n) is 11.9. The first-order chi connectivity index (χ1) is 9.49. The highest BCUT2D eigenvalue weighted by Gasteiger charge is 2.48. The third-order valence-electron chi connectivity index (χ3n) is 4.05. The van der Waals surface area contributed by atoms with Crippen LogP contribution < -0.4 is 11.1 Å². The lowest BCUT2D eigenvalue weighted by molar-refractivity contribution is -0.125. The van der Waals surface area contributed by atoms with Crippen LogP contribution in [0, 0.1) is 5.41 Å². The highest BCUT2D eigenvalue weighted by Crippen LogP contribution is 2.42. The van der Waals surface area contributed by atoms with Crippen LogP contribution in [0.2, 0.25) is 0 Å². The number of carbonyl (C=O) groups is 1. The van der Waals surface area contributed by atoms with Crippen LogP contribution >= 0.6 is 0 Å². The number of nitrogens with one attached hydrogen (secondary N) is 1. The Morgan fingerprint density at radius 1 is 1.45 bits per heavy atom. The first-order valence-electron chi connectivity index (χ1n) is 6.89. The van der Waals surface area contributed by atoms with Crippen molar-refractivity contribution in [3.63, 3.8) is 0 Å². The Morgan fingerprint density at radius 3 is 2.65 bits per heavy atom. The molecule has 20 heavy (non-hydrogen) atoms. The molecule has 0 saturated heterocycles. The molecule has 0 aliphatic heterocycles. The molecule has 0 radical (unpaired) electrons. The lowest BCUT2D eigenvalue weighted by Gasteiger charge is -2.38. The van der Waals surface area contributed by atoms with Gasteiger partial charge in [-0.1, -0.05) is 37.6 Å². The number of anilines is 1. The normalized spacial score (nSPS) is 17.6. The first-order valence-corrected chi connectivity index (χ1v) is 6.89. The van der Waals surface area contributed by atoms with E-state index in [2.05, 4.69) is 24.3 Å². The number of nitrogens with zero attached hydrogens (tertiary/aromatic N) is 1. The predicted molar refractivity (Wildman–Crippen MR) is 78.9 cm³/mol. The molecule has 5 nitrogen and oxygen atoms in total. The number of carbonyl (C=O) groups excluding carboxylic acids is 1. The SMILES string of the molecule is CC(C)c1cccc(NC(=O)C2(/C(N)=N/O)CCC2)c1. The van der Waals surface area contributed by atoms with Crippen molar-refractivity contribution in [3.05, 3.63) is 29.8 Å². The van der Waals surface area contributed by atoms with Gasteiger partial charge in [0.1, 0.15) is 5.41 Å². The van der Waals surface area contributed by atoms with E-state index in [9.17, 15) is 4.79 Å². The van der Waals surface area contributed by atoms with E-state index in [1.54, 1.807) is 0 Å². The van der Waals surface area contributed by atoms with Gasteiger partial charge in [0.15, 0.2) is 5.84 Å². The number of benzene rings is 1. The summed E-state index contributed by atoms with van der Waals surface area (Å²) >= 11 is 0. The van der Waals surface area contributed by atoms with Crippen molar-refractivity contribution in [2.75, 3.05) is 5.32 Å². The maximum Gasteiger partial charge on any atom is 0.238 e. The minimum atomic E-state index is -0.845. The van der Waals surface area contributed by atoms with E-state index in [1.165, 1.54) is 0 Å². The van der Waals surface area contributed by atoms with Gasteiger partial charge in [-0.2, -0.15) is 0 Å². The number of oxime groups is 1. The van der Waals surface area contributed by atoms with Crippen molar-refractivity contribution < 1.29 is 10.0 Å². The lowest BCUT2D eigenvalue weighted by Crippen LogP contribution is -2.51. The standard InChI is InChI=1S/C15H21N3O2/c1-10(2)11-5-3-6-12(9-11)17-14(19)15(7-4-8-15)13(16)18-20/h3,5-6,9-10,20H,4,7-8H2,1-2H3,(H2,16,18)(H,17,19). The van der Waals surface area contributed by atoms with Crippen LogP contribution in [0.5, 0.6) is 0 Å². The summed E-state index contributed by atoms with van der Waals surface area (Å²) in [6, 6.07) is 7.76. The van der Waals surface area contributed by atoms with Crippen molar-refractivity contribution >= 4 is 17.4 Å². The molecule has 1 fully saturated rings. The topological polar surface area (TPSA) is 87.7 Å². The summed E-state index contributed by atoms with van der Waals surface area (Å²) in [6.45, 7) is 4.20. The summed E-state index contributed by atoms with van der Waals surface area (Å²) in [5, 5.41) is 14.8. The molecule has 1 aliphatic carbocycles. The van der Waals surface area contributed by atoms with Gasteiger partial charge >= 0.3 is 0 Å². The minimum absolute atomic E-state index is 0.00117. The van der Waals surface area contributed by atoms with Gasteiger partial charge < -0.3 is 16.3 Å². The monoisotopic (exact) mass is 275 g/mol. The molecule has 0 atom stereocenters. The minimum Gasteiger partial charge on any atom is -0.409 e. The third-order valence-corrected chi connectivity index (χ3v) is 4.05. The van der Waals surface area contributed by atoms with Gasteiger partial charge in [-0.05, 0) is 36.5 Å². The molecular formula is C15H21N3O2. The maximum absolute atomic E-state index is 12.4. The Labute approximate surface area is 118 Å². The molecule has 1 saturated carbocycles. The summed E-state index contributed by atoms with van der Waals surface area (Å²) in [7, 11) is 0. The molecule has 1 aromatic carbocycles. The lowest BCUT2D eigenvalue weighted by atomic mass is 9.67. The van der Waals surface area contributed by atoms with E-state index in [1.807, 2.05) is 24.3 Å². The van der Waals surface area contributed by atoms with Gasteiger partial charge in [-0.25, -0.2) is 0 Å². The van der Waals surface area contributed by atoms with Crippen LogP contribution in [0.4, 0.5) is 5.69 Å². The van der Waals surface area contributed by atoms with E-state index in [0.717, 1.165) is 17.7 Å². The van der Waals surface area contributed by atoms with E-state index in [4.69, 9.17) is 10.9 Å². The Hall–Kier alpha value is -2.04. The van der Waals surface area contributed by atoms with Crippen LogP contribution in [0.3, 0.4) is 0 Å². The van der Waals surface area contributed by atoms with Crippen molar-refractivity contribution in [3.8, 4) is 0 Å². The highest BCUT2D eigenvalue weighted by atomic mass is 16.4. The van der Waals surface area contributed by atoms with Crippen molar-refractivity contribution in [1.29, 1.82) is 0 Å². The maximum atomic E-state index is 12.4. The first kappa shape index (κ1) is 14.4. The second-order valence-electron chi connectivity index (χ2n) is 5.66. The molecule has 5 heteroatoms. The van der Waals surface area contributed by atoms with Gasteiger partial charge in [0.25, 0.3) is 0 Å². The number of rotatable bonds is 4. The molecule has 0 aromatic heterocycles. The Balaban J connectivity index is 2.17. The number of nitrogens with two attached hydrogens (primary N) is 1. The summed E-state index contributed by atoms with van der Waals surface area (Å²) in [5.74, 6) is 0.204. The fourth-order valence-electron chi connectivity index (χ4n) is 2.45. The average Bonchev–Trinajstić information content (AvgIpc) is 2.37. The van der Waals surface area contributed by atoms with Gasteiger partial charge in [-0.15, -0.1) is 0 Å². The van der Waals surface area contributed by atoms with Gasteiger partial charge in [0.05, 0.1) is 0 Å². The molecule has 1 aromatic rings. The number of hydrogen-bond donors (Lipinski definition) is 3. The quantitative estimate of drug-likeness (QED) is 0.341. The molecule has 108 valence electrons. The Bertz CT molecular complexity index is 534. The van der Waals surface area contributed by atoms with Crippen LogP contribution in [-0.2, 0) is 4.79 Å². The van der Waals surface area contributed by atoms with Crippen molar-refractivity contribution in [2.45, 2.75) is 39.0 Å². The Morgan fingerprint density at radius 2 is 2.15 bits per heavy atom. The van der Waals surface area contributed by atoms with Gasteiger partial charge in [0.2, 0.25) is 5.91 Å². The summed E-state index contributed by atoms with van der Waals surface area (Å²) in [5.41, 5.74) is 6.75. The zero-order valence-corrected chi connectivity index (χ0v) is 11.9. The smallest absolute Gasteiger partial charge is 0.238 e. The second kappa shape index (κ2) is 5.53. The largest absolute Gasteiger partial charge is 0.409 e.